The van der Waals surface area contributed by atoms with E-state index in [0.29, 0.717) is 11.4 Å². The van der Waals surface area contributed by atoms with Crippen molar-refractivity contribution in [1.82, 2.24) is 4.73 Å². The molecule has 3 rings (SSSR count). The summed E-state index contributed by atoms with van der Waals surface area (Å²) in [7, 11) is 3.10. The van der Waals surface area contributed by atoms with Crippen LogP contribution in [0.3, 0.4) is 0 Å². The SMILES string of the molecule is COc1ccc(COn2cccc(C(=O)Nc3ccccc3OC)c2=O)cc1. The number of ether oxygens (including phenoxy) is 2. The van der Waals surface area contributed by atoms with Gasteiger partial charge in [-0.2, -0.15) is 4.73 Å². The molecular weight excluding hydrogens is 360 g/mol. The van der Waals surface area contributed by atoms with Gasteiger partial charge in [-0.1, -0.05) is 24.3 Å². The van der Waals surface area contributed by atoms with Crippen LogP contribution in [0.4, 0.5) is 5.69 Å². The highest BCUT2D eigenvalue weighted by atomic mass is 16.7. The van der Waals surface area contributed by atoms with Gasteiger partial charge in [-0.05, 0) is 42.0 Å². The smallest absolute Gasteiger partial charge is 0.295 e. The Labute approximate surface area is 162 Å². The Bertz CT molecular complexity index is 1010. The van der Waals surface area contributed by atoms with Gasteiger partial charge in [0.05, 0.1) is 19.9 Å². The minimum Gasteiger partial charge on any atom is -0.497 e. The average molecular weight is 380 g/mol. The fraction of sp³-hybridized carbons (Fsp3) is 0.143. The van der Waals surface area contributed by atoms with Crippen LogP contribution in [0.5, 0.6) is 11.5 Å². The number of pyridine rings is 1. The predicted octanol–water partition coefficient (Wildman–Crippen LogP) is 2.75. The topological polar surface area (TPSA) is 78.8 Å². The first-order valence-corrected chi connectivity index (χ1v) is 8.54. The first kappa shape index (κ1) is 19.0. The minimum absolute atomic E-state index is 0.0388. The number of benzene rings is 2. The van der Waals surface area contributed by atoms with Crippen LogP contribution < -0.4 is 25.2 Å². The van der Waals surface area contributed by atoms with Crippen LogP contribution in [0.15, 0.2) is 71.7 Å². The van der Waals surface area contributed by atoms with E-state index in [1.807, 2.05) is 12.1 Å². The predicted molar refractivity (Wildman–Crippen MR) is 105 cm³/mol. The molecule has 1 amide bonds. The third-order valence-corrected chi connectivity index (χ3v) is 4.04. The Morgan fingerprint density at radius 3 is 2.43 bits per heavy atom. The molecule has 2 aromatic carbocycles. The Morgan fingerprint density at radius 1 is 0.964 bits per heavy atom. The highest BCUT2D eigenvalue weighted by Crippen LogP contribution is 2.23. The van der Waals surface area contributed by atoms with Gasteiger partial charge in [0, 0.05) is 6.20 Å². The van der Waals surface area contributed by atoms with E-state index in [2.05, 4.69) is 5.32 Å². The van der Waals surface area contributed by atoms with Gasteiger partial charge in [-0.15, -0.1) is 0 Å². The van der Waals surface area contributed by atoms with Crippen LogP contribution in [0.2, 0.25) is 0 Å². The molecule has 0 unspecified atom stereocenters. The zero-order chi connectivity index (χ0) is 19.9. The molecule has 0 bridgehead atoms. The van der Waals surface area contributed by atoms with Crippen molar-refractivity contribution in [3.63, 3.8) is 0 Å². The number of nitrogens with zero attached hydrogens (tertiary/aromatic N) is 1. The fourth-order valence-electron chi connectivity index (χ4n) is 2.55. The standard InChI is InChI=1S/C21H20N2O5/c1-26-16-11-9-15(10-12-16)14-28-23-13-5-6-17(21(23)25)20(24)22-18-7-3-4-8-19(18)27-2/h3-13H,14H2,1-2H3,(H,22,24). The summed E-state index contributed by atoms with van der Waals surface area (Å²) in [4.78, 5) is 30.7. The van der Waals surface area contributed by atoms with Crippen LogP contribution in [0.1, 0.15) is 15.9 Å². The summed E-state index contributed by atoms with van der Waals surface area (Å²) in [6.07, 6.45) is 1.46. The second-order valence-corrected chi connectivity index (χ2v) is 5.83. The minimum atomic E-state index is -0.552. The molecule has 144 valence electrons. The summed E-state index contributed by atoms with van der Waals surface area (Å²) < 4.78 is 11.4. The monoisotopic (exact) mass is 380 g/mol. The highest BCUT2D eigenvalue weighted by molar-refractivity contribution is 6.04. The van der Waals surface area contributed by atoms with E-state index in [1.54, 1.807) is 49.6 Å². The van der Waals surface area contributed by atoms with Gasteiger partial charge >= 0.3 is 0 Å². The lowest BCUT2D eigenvalue weighted by molar-refractivity contribution is 0.0863. The molecule has 0 aliphatic heterocycles. The lowest BCUT2D eigenvalue weighted by atomic mass is 10.2. The van der Waals surface area contributed by atoms with Crippen molar-refractivity contribution in [3.05, 3.63) is 88.3 Å². The van der Waals surface area contributed by atoms with Crippen molar-refractivity contribution in [3.8, 4) is 11.5 Å². The van der Waals surface area contributed by atoms with Gasteiger partial charge < -0.3 is 19.6 Å². The second kappa shape index (κ2) is 8.77. The van der Waals surface area contributed by atoms with Crippen molar-refractivity contribution in [2.75, 3.05) is 19.5 Å². The molecule has 1 N–H and O–H groups in total. The number of anilines is 1. The number of hydrogen-bond donors (Lipinski definition) is 1. The third kappa shape index (κ3) is 4.32. The third-order valence-electron chi connectivity index (χ3n) is 4.04. The summed E-state index contributed by atoms with van der Waals surface area (Å²) in [6, 6.07) is 17.3. The van der Waals surface area contributed by atoms with E-state index >= 15 is 0 Å². The fourth-order valence-corrected chi connectivity index (χ4v) is 2.55. The molecule has 3 aromatic rings. The largest absolute Gasteiger partial charge is 0.497 e. The molecule has 7 heteroatoms. The molecular formula is C21H20N2O5. The van der Waals surface area contributed by atoms with E-state index in [4.69, 9.17) is 14.3 Å². The van der Waals surface area contributed by atoms with Gasteiger partial charge in [-0.3, -0.25) is 9.59 Å². The van der Waals surface area contributed by atoms with Crippen LogP contribution in [0.25, 0.3) is 0 Å². The first-order chi connectivity index (χ1) is 13.6. The first-order valence-electron chi connectivity index (χ1n) is 8.54. The zero-order valence-electron chi connectivity index (χ0n) is 15.5. The van der Waals surface area contributed by atoms with Crippen LogP contribution in [-0.2, 0) is 6.61 Å². The quantitative estimate of drug-likeness (QED) is 0.682. The van der Waals surface area contributed by atoms with Gasteiger partial charge in [0.25, 0.3) is 11.5 Å². The number of methoxy groups -OCH3 is 2. The van der Waals surface area contributed by atoms with Crippen LogP contribution >= 0.6 is 0 Å². The Kier molecular flexibility index (Phi) is 5.96. The summed E-state index contributed by atoms with van der Waals surface area (Å²) in [5.41, 5.74) is 0.743. The number of nitrogens with one attached hydrogen (secondary N) is 1. The van der Waals surface area contributed by atoms with Gasteiger partial charge in [0.1, 0.15) is 23.7 Å². The van der Waals surface area contributed by atoms with Crippen molar-refractivity contribution in [2.24, 2.45) is 0 Å². The lowest BCUT2D eigenvalue weighted by Gasteiger charge is -2.12. The molecule has 0 fully saturated rings. The van der Waals surface area contributed by atoms with Crippen molar-refractivity contribution in [2.45, 2.75) is 6.61 Å². The summed E-state index contributed by atoms with van der Waals surface area (Å²) in [5, 5.41) is 2.69. The maximum absolute atomic E-state index is 12.6. The zero-order valence-corrected chi connectivity index (χ0v) is 15.5. The number of aromatic nitrogens is 1. The maximum Gasteiger partial charge on any atom is 0.295 e. The van der Waals surface area contributed by atoms with Crippen molar-refractivity contribution in [1.29, 1.82) is 0 Å². The molecule has 1 aromatic heterocycles. The molecule has 1 heterocycles. The number of carbonyl (C=O) groups excluding carboxylic acids is 1. The second-order valence-electron chi connectivity index (χ2n) is 5.83. The average Bonchev–Trinajstić information content (AvgIpc) is 2.73. The Balaban J connectivity index is 1.74. The normalized spacial score (nSPS) is 10.2. The van der Waals surface area contributed by atoms with Crippen molar-refractivity contribution >= 4 is 11.6 Å². The van der Waals surface area contributed by atoms with Gasteiger partial charge in [0.2, 0.25) is 0 Å². The molecule has 28 heavy (non-hydrogen) atoms. The molecule has 0 spiro atoms. The number of para-hydroxylation sites is 2. The number of hydrogen-bond acceptors (Lipinski definition) is 5. The van der Waals surface area contributed by atoms with Crippen LogP contribution in [-0.4, -0.2) is 24.9 Å². The van der Waals surface area contributed by atoms with E-state index < -0.39 is 11.5 Å². The summed E-state index contributed by atoms with van der Waals surface area (Å²) >= 11 is 0. The summed E-state index contributed by atoms with van der Waals surface area (Å²) in [6.45, 7) is 0.168. The number of amides is 1. The lowest BCUT2D eigenvalue weighted by Crippen LogP contribution is -2.32. The van der Waals surface area contributed by atoms with Gasteiger partial charge in [-0.25, -0.2) is 0 Å². The van der Waals surface area contributed by atoms with E-state index in [0.717, 1.165) is 16.0 Å². The summed E-state index contributed by atoms with van der Waals surface area (Å²) in [5.74, 6) is 0.690. The number of rotatable bonds is 7. The molecule has 0 saturated carbocycles. The molecule has 0 aliphatic carbocycles. The van der Waals surface area contributed by atoms with Gasteiger partial charge in [0.15, 0.2) is 0 Å². The Morgan fingerprint density at radius 2 is 1.71 bits per heavy atom. The van der Waals surface area contributed by atoms with E-state index in [-0.39, 0.29) is 12.2 Å². The van der Waals surface area contributed by atoms with E-state index in [9.17, 15) is 9.59 Å². The molecule has 7 nitrogen and oxygen atoms in total. The Hall–Kier alpha value is -3.74. The number of carbonyl (C=O) groups is 1. The molecule has 0 saturated heterocycles. The van der Waals surface area contributed by atoms with E-state index in [1.165, 1.54) is 19.4 Å². The molecule has 0 radical (unpaired) electrons. The van der Waals surface area contributed by atoms with Crippen molar-refractivity contribution < 1.29 is 19.1 Å². The molecule has 0 atom stereocenters. The highest BCUT2D eigenvalue weighted by Gasteiger charge is 2.15. The maximum atomic E-state index is 12.6. The van der Waals surface area contributed by atoms with Crippen LogP contribution in [0, 0.1) is 0 Å². The molecule has 0 aliphatic rings.